The van der Waals surface area contributed by atoms with Crippen molar-refractivity contribution in [2.75, 3.05) is 19.7 Å². The predicted octanol–water partition coefficient (Wildman–Crippen LogP) is 4.84. The van der Waals surface area contributed by atoms with Crippen LogP contribution in [-0.4, -0.2) is 64.3 Å². The molecule has 6 nitrogen and oxygen atoms in total. The number of aliphatic hydroxyl groups excluding tert-OH is 3. The third-order valence-electron chi connectivity index (χ3n) is 12.4. The van der Waals surface area contributed by atoms with Crippen LogP contribution in [0.5, 0.6) is 0 Å². The maximum absolute atomic E-state index is 12.4. The summed E-state index contributed by atoms with van der Waals surface area (Å²) in [5.41, 5.74) is 0.479. The standard InChI is InChI=1S/C30H51NO5/c1-5-21-25-16-19(32)8-12-30(25,4)24-9-13-29(3)22(6-7-23(29)26(24)27(21)34)18(2)11-15-36-28(35)31-14-10-20(33)17-31/h18-27,32-34H,5-17H2,1-4H3/t18-,19-,20-,21-,22-,23+,24+,25+,26?,27-,29?,30-/m1/s1. The highest BCUT2D eigenvalue weighted by atomic mass is 16.6. The summed E-state index contributed by atoms with van der Waals surface area (Å²) < 4.78 is 5.60. The second-order valence-electron chi connectivity index (χ2n) is 13.9. The fraction of sp³-hybridized carbons (Fsp3) is 0.967. The molecular weight excluding hydrogens is 454 g/mol. The first-order valence-electron chi connectivity index (χ1n) is 15.1. The summed E-state index contributed by atoms with van der Waals surface area (Å²) >= 11 is 0. The largest absolute Gasteiger partial charge is 0.449 e. The lowest BCUT2D eigenvalue weighted by Gasteiger charge is -2.64. The van der Waals surface area contributed by atoms with Gasteiger partial charge in [0.1, 0.15) is 0 Å². The lowest BCUT2D eigenvalue weighted by molar-refractivity contribution is -0.203. The summed E-state index contributed by atoms with van der Waals surface area (Å²) in [6, 6.07) is 0. The van der Waals surface area contributed by atoms with E-state index in [-0.39, 0.29) is 29.1 Å². The lowest BCUT2D eigenvalue weighted by Crippen LogP contribution is -2.62. The van der Waals surface area contributed by atoms with E-state index < -0.39 is 6.10 Å². The molecule has 5 rings (SSSR count). The Morgan fingerprint density at radius 1 is 0.972 bits per heavy atom. The van der Waals surface area contributed by atoms with Gasteiger partial charge in [-0.15, -0.1) is 0 Å². The highest BCUT2D eigenvalue weighted by molar-refractivity contribution is 5.68. The van der Waals surface area contributed by atoms with Crippen LogP contribution in [-0.2, 0) is 4.74 Å². The summed E-state index contributed by atoms with van der Waals surface area (Å²) in [6.45, 7) is 11.0. The Morgan fingerprint density at radius 3 is 2.39 bits per heavy atom. The molecule has 0 radical (unpaired) electrons. The molecule has 12 atom stereocenters. The van der Waals surface area contributed by atoms with Gasteiger partial charge >= 0.3 is 6.09 Å². The van der Waals surface area contributed by atoms with Crippen LogP contribution >= 0.6 is 0 Å². The molecule has 0 spiro atoms. The predicted molar refractivity (Wildman–Crippen MR) is 139 cm³/mol. The zero-order valence-corrected chi connectivity index (χ0v) is 23.1. The smallest absolute Gasteiger partial charge is 0.409 e. The zero-order valence-electron chi connectivity index (χ0n) is 23.1. The van der Waals surface area contributed by atoms with Crippen LogP contribution in [0.2, 0.25) is 0 Å². The van der Waals surface area contributed by atoms with Crippen molar-refractivity contribution in [1.82, 2.24) is 4.90 Å². The molecule has 0 aromatic carbocycles. The summed E-state index contributed by atoms with van der Waals surface area (Å²) in [4.78, 5) is 14.0. The summed E-state index contributed by atoms with van der Waals surface area (Å²) in [6.07, 6.45) is 9.09. The first kappa shape index (κ1) is 26.7. The summed E-state index contributed by atoms with van der Waals surface area (Å²) in [7, 11) is 0. The van der Waals surface area contributed by atoms with Crippen molar-refractivity contribution in [3.8, 4) is 0 Å². The maximum Gasteiger partial charge on any atom is 0.409 e. The number of nitrogens with zero attached hydrogens (tertiary/aromatic N) is 1. The van der Waals surface area contributed by atoms with Gasteiger partial charge in [0.2, 0.25) is 0 Å². The van der Waals surface area contributed by atoms with Gasteiger partial charge in [-0.2, -0.15) is 0 Å². The van der Waals surface area contributed by atoms with E-state index in [2.05, 4.69) is 27.7 Å². The maximum atomic E-state index is 12.4. The van der Waals surface area contributed by atoms with Gasteiger partial charge in [-0.25, -0.2) is 4.79 Å². The van der Waals surface area contributed by atoms with Crippen LogP contribution in [0.1, 0.15) is 91.9 Å². The number of likely N-dealkylation sites (tertiary alicyclic amines) is 1. The molecule has 0 bridgehead atoms. The van der Waals surface area contributed by atoms with Gasteiger partial charge < -0.3 is 25.0 Å². The number of carbonyl (C=O) groups is 1. The Labute approximate surface area is 218 Å². The van der Waals surface area contributed by atoms with E-state index >= 15 is 0 Å². The van der Waals surface area contributed by atoms with E-state index in [1.165, 1.54) is 25.7 Å². The number of ether oxygens (including phenoxy) is 1. The molecule has 4 saturated carbocycles. The Bertz CT molecular complexity index is 806. The molecule has 2 unspecified atom stereocenters. The minimum atomic E-state index is -0.416. The zero-order chi connectivity index (χ0) is 25.8. The van der Waals surface area contributed by atoms with E-state index in [0.29, 0.717) is 67.5 Å². The minimum Gasteiger partial charge on any atom is -0.449 e. The average Bonchev–Trinajstić information content (AvgIpc) is 3.43. The summed E-state index contributed by atoms with van der Waals surface area (Å²) in [5, 5.41) is 32.0. The SMILES string of the molecule is CC[C@H]1[C@@H](O)C2[C@@H]3CC[C@H]([C@H](C)CCOC(=O)N4CC[C@@H](O)C4)C3(C)CC[C@@H]2[C@@]2(C)CC[C@@H](O)C[C@@H]12. The van der Waals surface area contributed by atoms with Crippen molar-refractivity contribution in [3.63, 3.8) is 0 Å². The number of amides is 1. The van der Waals surface area contributed by atoms with Gasteiger partial charge in [-0.05, 0) is 110 Å². The third kappa shape index (κ3) is 4.31. The van der Waals surface area contributed by atoms with Crippen molar-refractivity contribution in [1.29, 1.82) is 0 Å². The molecule has 206 valence electrons. The van der Waals surface area contributed by atoms with Crippen molar-refractivity contribution in [3.05, 3.63) is 0 Å². The Balaban J connectivity index is 1.26. The lowest BCUT2D eigenvalue weighted by atomic mass is 9.41. The molecule has 36 heavy (non-hydrogen) atoms. The molecule has 0 aromatic heterocycles. The van der Waals surface area contributed by atoms with Gasteiger partial charge in [0.25, 0.3) is 0 Å². The topological polar surface area (TPSA) is 90.2 Å². The number of carbonyl (C=O) groups excluding carboxylic acids is 1. The van der Waals surface area contributed by atoms with Gasteiger partial charge in [0.05, 0.1) is 24.9 Å². The average molecular weight is 506 g/mol. The third-order valence-corrected chi connectivity index (χ3v) is 12.4. The number of fused-ring (bicyclic) bond motifs is 5. The number of β-amino-alcohol motifs (C(OH)–C–C–N with tert-alkyl or cyclic N) is 1. The number of hydrogen-bond donors (Lipinski definition) is 3. The van der Waals surface area contributed by atoms with Crippen molar-refractivity contribution >= 4 is 6.09 Å². The molecule has 3 N–H and O–H groups in total. The second-order valence-corrected chi connectivity index (χ2v) is 13.9. The molecule has 1 heterocycles. The van der Waals surface area contributed by atoms with Gasteiger partial charge in [-0.3, -0.25) is 0 Å². The van der Waals surface area contributed by atoms with Gasteiger partial charge in [0.15, 0.2) is 0 Å². The quantitative estimate of drug-likeness (QED) is 0.497. The Morgan fingerprint density at radius 2 is 1.69 bits per heavy atom. The van der Waals surface area contributed by atoms with E-state index in [1.54, 1.807) is 4.90 Å². The molecule has 1 amide bonds. The molecular formula is C30H51NO5. The number of hydrogen-bond acceptors (Lipinski definition) is 5. The van der Waals surface area contributed by atoms with E-state index in [4.69, 9.17) is 4.74 Å². The van der Waals surface area contributed by atoms with Crippen LogP contribution in [0.15, 0.2) is 0 Å². The van der Waals surface area contributed by atoms with Crippen LogP contribution in [0, 0.1) is 52.3 Å². The second kappa shape index (κ2) is 10.0. The van der Waals surface area contributed by atoms with E-state index in [9.17, 15) is 20.1 Å². The molecule has 6 heteroatoms. The normalized spacial score (nSPS) is 49.2. The van der Waals surface area contributed by atoms with Crippen LogP contribution in [0.3, 0.4) is 0 Å². The number of aliphatic hydroxyl groups is 3. The highest BCUT2D eigenvalue weighted by Gasteiger charge is 2.64. The van der Waals surface area contributed by atoms with E-state index in [0.717, 1.165) is 32.1 Å². The summed E-state index contributed by atoms with van der Waals surface area (Å²) in [5.74, 6) is 3.32. The monoisotopic (exact) mass is 505 g/mol. The minimum absolute atomic E-state index is 0.198. The Hall–Kier alpha value is -0.850. The van der Waals surface area contributed by atoms with Crippen molar-refractivity contribution in [2.24, 2.45) is 52.3 Å². The van der Waals surface area contributed by atoms with Crippen LogP contribution in [0.4, 0.5) is 4.79 Å². The molecule has 1 saturated heterocycles. The fourth-order valence-corrected chi connectivity index (χ4v) is 10.5. The van der Waals surface area contributed by atoms with Crippen LogP contribution < -0.4 is 0 Å². The Kier molecular flexibility index (Phi) is 7.46. The molecule has 0 aromatic rings. The van der Waals surface area contributed by atoms with Gasteiger partial charge in [0, 0.05) is 13.1 Å². The first-order valence-corrected chi connectivity index (χ1v) is 15.1. The van der Waals surface area contributed by atoms with Gasteiger partial charge in [-0.1, -0.05) is 34.1 Å². The van der Waals surface area contributed by atoms with Crippen LogP contribution in [0.25, 0.3) is 0 Å². The first-order chi connectivity index (χ1) is 17.1. The van der Waals surface area contributed by atoms with Crippen molar-refractivity contribution < 1.29 is 24.9 Å². The molecule has 5 fully saturated rings. The molecule has 4 aliphatic carbocycles. The van der Waals surface area contributed by atoms with Crippen molar-refractivity contribution in [2.45, 2.75) is 110 Å². The molecule has 1 aliphatic heterocycles. The molecule has 5 aliphatic rings. The fourth-order valence-electron chi connectivity index (χ4n) is 10.5. The number of rotatable bonds is 5. The van der Waals surface area contributed by atoms with E-state index in [1.807, 2.05) is 0 Å². The highest BCUT2D eigenvalue weighted by Crippen LogP contribution is 2.69.